The number of carbonyl (C=O) groups excluding carboxylic acids is 1. The summed E-state index contributed by atoms with van der Waals surface area (Å²) in [6, 6.07) is 0. The van der Waals surface area contributed by atoms with Gasteiger partial charge in [0, 0.05) is 11.1 Å². The molecule has 0 radical (unpaired) electrons. The highest BCUT2D eigenvalue weighted by Gasteiger charge is 2.06. The second-order valence-corrected chi connectivity index (χ2v) is 4.16. The van der Waals surface area contributed by atoms with Gasteiger partial charge in [0.1, 0.15) is 5.94 Å². The molecule has 0 atom stereocenters. The highest BCUT2D eigenvalue weighted by Crippen LogP contribution is 2.01. The smallest absolute Gasteiger partial charge is 0.123 e. The summed E-state index contributed by atoms with van der Waals surface area (Å²) in [5.41, 5.74) is 0.990. The molecule has 0 heterocycles. The van der Waals surface area contributed by atoms with Crippen LogP contribution in [0.15, 0.2) is 5.57 Å². The van der Waals surface area contributed by atoms with Crippen LogP contribution in [0, 0.1) is 0 Å². The van der Waals surface area contributed by atoms with Crippen LogP contribution in [0.2, 0.25) is 0 Å². The lowest BCUT2D eigenvalue weighted by molar-refractivity contribution is 0.422. The largest absolute Gasteiger partial charge is 0.312 e. The Bertz CT molecular complexity index is 173. The van der Waals surface area contributed by atoms with Gasteiger partial charge in [0.05, 0.1) is 0 Å². The van der Waals surface area contributed by atoms with Gasteiger partial charge in [-0.25, -0.2) is 4.79 Å². The van der Waals surface area contributed by atoms with Gasteiger partial charge in [-0.15, -0.1) is 0 Å². The van der Waals surface area contributed by atoms with Crippen molar-refractivity contribution in [3.8, 4) is 0 Å². The van der Waals surface area contributed by atoms with Crippen LogP contribution < -0.4 is 5.32 Å². The van der Waals surface area contributed by atoms with Gasteiger partial charge in [0.2, 0.25) is 0 Å². The molecule has 0 bridgehead atoms. The third-order valence-corrected chi connectivity index (χ3v) is 1.56. The molecule has 0 saturated heterocycles. The maximum Gasteiger partial charge on any atom is 0.123 e. The van der Waals surface area contributed by atoms with Gasteiger partial charge >= 0.3 is 0 Å². The van der Waals surface area contributed by atoms with E-state index in [-0.39, 0.29) is 5.54 Å². The standard InChI is InChI=1S/C10H19NO/c1-9(8-12)6-5-7-11-10(2,3)4/h11H,5-7H2,1-4H3. The van der Waals surface area contributed by atoms with E-state index >= 15 is 0 Å². The predicted molar refractivity (Wildman–Crippen MR) is 51.9 cm³/mol. The second-order valence-electron chi connectivity index (χ2n) is 4.16. The number of nitrogens with one attached hydrogen (secondary N) is 1. The third-order valence-electron chi connectivity index (χ3n) is 1.56. The van der Waals surface area contributed by atoms with Crippen LogP contribution in [-0.4, -0.2) is 18.0 Å². The number of hydrogen-bond donors (Lipinski definition) is 1. The van der Waals surface area contributed by atoms with E-state index in [9.17, 15) is 4.79 Å². The maximum atomic E-state index is 10.1. The summed E-state index contributed by atoms with van der Waals surface area (Å²) < 4.78 is 0. The van der Waals surface area contributed by atoms with E-state index in [1.807, 2.05) is 12.9 Å². The monoisotopic (exact) mass is 169 g/mol. The van der Waals surface area contributed by atoms with Crippen LogP contribution >= 0.6 is 0 Å². The molecule has 12 heavy (non-hydrogen) atoms. The predicted octanol–water partition coefficient (Wildman–Crippen LogP) is 1.93. The van der Waals surface area contributed by atoms with Crippen molar-refractivity contribution in [2.24, 2.45) is 0 Å². The van der Waals surface area contributed by atoms with Gasteiger partial charge in [0.15, 0.2) is 0 Å². The maximum absolute atomic E-state index is 10.1. The molecular formula is C10H19NO. The van der Waals surface area contributed by atoms with Crippen molar-refractivity contribution in [1.29, 1.82) is 0 Å². The van der Waals surface area contributed by atoms with Gasteiger partial charge in [-0.2, -0.15) is 0 Å². The summed E-state index contributed by atoms with van der Waals surface area (Å²) in [4.78, 5) is 10.1. The highest BCUT2D eigenvalue weighted by molar-refractivity contribution is 5.50. The summed E-state index contributed by atoms with van der Waals surface area (Å²) in [6.45, 7) is 9.19. The van der Waals surface area contributed by atoms with Gasteiger partial charge in [-0.05, 0) is 47.1 Å². The zero-order valence-corrected chi connectivity index (χ0v) is 8.53. The normalized spacial score (nSPS) is 11.0. The second kappa shape index (κ2) is 5.13. The zero-order valence-electron chi connectivity index (χ0n) is 8.53. The van der Waals surface area contributed by atoms with E-state index in [0.29, 0.717) is 0 Å². The van der Waals surface area contributed by atoms with Crippen LogP contribution in [0.3, 0.4) is 0 Å². The van der Waals surface area contributed by atoms with Crippen molar-refractivity contribution in [3.05, 3.63) is 5.57 Å². The SMILES string of the molecule is CC(=C=O)CCCNC(C)(C)C. The quantitative estimate of drug-likeness (QED) is 0.514. The van der Waals surface area contributed by atoms with E-state index in [0.717, 1.165) is 25.0 Å². The van der Waals surface area contributed by atoms with Crippen LogP contribution in [-0.2, 0) is 4.79 Å². The molecule has 0 aromatic rings. The van der Waals surface area contributed by atoms with Crippen molar-refractivity contribution >= 4 is 5.94 Å². The van der Waals surface area contributed by atoms with Crippen molar-refractivity contribution in [3.63, 3.8) is 0 Å². The van der Waals surface area contributed by atoms with Crippen LogP contribution in [0.1, 0.15) is 40.5 Å². The summed E-state index contributed by atoms with van der Waals surface area (Å²) in [5.74, 6) is 1.90. The lowest BCUT2D eigenvalue weighted by Gasteiger charge is -2.20. The van der Waals surface area contributed by atoms with Crippen LogP contribution in [0.4, 0.5) is 0 Å². The Kier molecular flexibility index (Phi) is 4.87. The minimum absolute atomic E-state index is 0.179. The van der Waals surface area contributed by atoms with Gasteiger partial charge < -0.3 is 5.32 Å². The Morgan fingerprint density at radius 3 is 2.42 bits per heavy atom. The molecular weight excluding hydrogens is 150 g/mol. The van der Waals surface area contributed by atoms with Crippen molar-refractivity contribution < 1.29 is 4.79 Å². The van der Waals surface area contributed by atoms with Crippen LogP contribution in [0.5, 0.6) is 0 Å². The number of allylic oxidation sites excluding steroid dienone is 1. The van der Waals surface area contributed by atoms with Crippen molar-refractivity contribution in [1.82, 2.24) is 5.32 Å². The molecule has 0 fully saturated rings. The summed E-state index contributed by atoms with van der Waals surface area (Å²) >= 11 is 0. The fraction of sp³-hybridized carbons (Fsp3) is 0.800. The minimum atomic E-state index is 0.179. The third kappa shape index (κ3) is 7.52. The molecule has 0 aromatic heterocycles. The van der Waals surface area contributed by atoms with E-state index in [2.05, 4.69) is 26.1 Å². The van der Waals surface area contributed by atoms with Gasteiger partial charge in [-0.3, -0.25) is 0 Å². The Labute approximate surface area is 75.0 Å². The molecule has 0 aliphatic heterocycles. The molecule has 0 aromatic carbocycles. The molecule has 0 aliphatic carbocycles. The van der Waals surface area contributed by atoms with Crippen LogP contribution in [0.25, 0.3) is 0 Å². The molecule has 2 heteroatoms. The summed E-state index contributed by atoms with van der Waals surface area (Å²) in [5, 5.41) is 3.36. The molecule has 0 spiro atoms. The molecule has 0 amide bonds. The number of rotatable bonds is 4. The Hall–Kier alpha value is -0.590. The average molecular weight is 169 g/mol. The lowest BCUT2D eigenvalue weighted by Crippen LogP contribution is -2.36. The Balaban J connectivity index is 3.40. The first kappa shape index (κ1) is 11.4. The molecule has 0 saturated carbocycles. The average Bonchev–Trinajstić information content (AvgIpc) is 1.96. The summed E-state index contributed by atoms with van der Waals surface area (Å²) in [7, 11) is 0. The van der Waals surface area contributed by atoms with Gasteiger partial charge in [-0.1, -0.05) is 0 Å². The Morgan fingerprint density at radius 1 is 1.42 bits per heavy atom. The number of hydrogen-bond acceptors (Lipinski definition) is 2. The molecule has 0 rings (SSSR count). The minimum Gasteiger partial charge on any atom is -0.312 e. The highest BCUT2D eigenvalue weighted by atomic mass is 16.1. The van der Waals surface area contributed by atoms with E-state index < -0.39 is 0 Å². The molecule has 0 unspecified atom stereocenters. The topological polar surface area (TPSA) is 29.1 Å². The van der Waals surface area contributed by atoms with E-state index in [1.165, 1.54) is 0 Å². The van der Waals surface area contributed by atoms with E-state index in [4.69, 9.17) is 0 Å². The molecule has 1 N–H and O–H groups in total. The van der Waals surface area contributed by atoms with E-state index in [1.54, 1.807) is 0 Å². The lowest BCUT2D eigenvalue weighted by atomic mass is 10.1. The first-order valence-electron chi connectivity index (χ1n) is 4.41. The fourth-order valence-corrected chi connectivity index (χ4v) is 0.868. The van der Waals surface area contributed by atoms with Gasteiger partial charge in [0.25, 0.3) is 0 Å². The van der Waals surface area contributed by atoms with Crippen molar-refractivity contribution in [2.45, 2.75) is 46.1 Å². The molecule has 70 valence electrons. The zero-order chi connectivity index (χ0) is 9.61. The Morgan fingerprint density at radius 2 is 2.00 bits per heavy atom. The van der Waals surface area contributed by atoms with Crippen molar-refractivity contribution in [2.75, 3.05) is 6.54 Å². The first-order valence-corrected chi connectivity index (χ1v) is 4.41. The first-order chi connectivity index (χ1) is 5.45. The summed E-state index contributed by atoms with van der Waals surface area (Å²) in [6.07, 6.45) is 1.87. The molecule has 0 aliphatic rings. The molecule has 2 nitrogen and oxygen atoms in total. The fourth-order valence-electron chi connectivity index (χ4n) is 0.868.